The van der Waals surface area contributed by atoms with Crippen LogP contribution in [0.15, 0.2) is 18.2 Å². The third-order valence-electron chi connectivity index (χ3n) is 3.42. The molecule has 0 aliphatic heterocycles. The lowest BCUT2D eigenvalue weighted by molar-refractivity contribution is 0.0958. The monoisotopic (exact) mass is 363 g/mol. The molecule has 2 aromatic rings. The minimum absolute atomic E-state index is 0.0180. The van der Waals surface area contributed by atoms with E-state index in [1.54, 1.807) is 18.2 Å². The Morgan fingerprint density at radius 2 is 2.04 bits per heavy atom. The Hall–Kier alpha value is -2.87. The molecule has 0 aliphatic carbocycles. The van der Waals surface area contributed by atoms with Gasteiger partial charge in [-0.05, 0) is 18.6 Å². The molecule has 0 unspecified atom stereocenters. The summed E-state index contributed by atoms with van der Waals surface area (Å²) in [5.41, 5.74) is 6.74. The van der Waals surface area contributed by atoms with Crippen molar-refractivity contribution in [2.24, 2.45) is 5.73 Å². The molecule has 25 heavy (non-hydrogen) atoms. The summed E-state index contributed by atoms with van der Waals surface area (Å²) in [6, 6.07) is 4.82. The topological polar surface area (TPSA) is 119 Å². The van der Waals surface area contributed by atoms with Crippen molar-refractivity contribution in [1.29, 1.82) is 0 Å². The number of amides is 2. The molecular weight excluding hydrogens is 346 g/mol. The zero-order valence-electron chi connectivity index (χ0n) is 14.0. The van der Waals surface area contributed by atoms with Crippen LogP contribution >= 0.6 is 11.6 Å². The van der Waals surface area contributed by atoms with Crippen molar-refractivity contribution >= 4 is 34.9 Å². The predicted molar refractivity (Wildman–Crippen MR) is 94.6 cm³/mol. The van der Waals surface area contributed by atoms with Gasteiger partial charge in [0, 0.05) is 18.8 Å². The van der Waals surface area contributed by atoms with Gasteiger partial charge in [0.05, 0.1) is 18.4 Å². The maximum absolute atomic E-state index is 11.8. The van der Waals surface area contributed by atoms with E-state index in [0.717, 1.165) is 0 Å². The third kappa shape index (κ3) is 3.97. The number of nitrogens with one attached hydrogen (secondary N) is 2. The SMILES string of the molecule is CCc1nc(C(N)=O)c(Nc2ccc(C(=O)NC)c(OC)c2)nc1Cl. The Balaban J connectivity index is 2.44. The number of anilines is 2. The lowest BCUT2D eigenvalue weighted by atomic mass is 10.1. The molecule has 0 fully saturated rings. The zero-order chi connectivity index (χ0) is 18.6. The highest BCUT2D eigenvalue weighted by atomic mass is 35.5. The van der Waals surface area contributed by atoms with Gasteiger partial charge >= 0.3 is 0 Å². The number of carbonyl (C=O) groups excluding carboxylic acids is 2. The van der Waals surface area contributed by atoms with Gasteiger partial charge in [-0.15, -0.1) is 0 Å². The first-order valence-corrected chi connectivity index (χ1v) is 7.82. The molecule has 4 N–H and O–H groups in total. The summed E-state index contributed by atoms with van der Waals surface area (Å²) in [5, 5.41) is 5.65. The normalized spacial score (nSPS) is 10.2. The number of primary amides is 1. The van der Waals surface area contributed by atoms with E-state index in [4.69, 9.17) is 22.1 Å². The number of methoxy groups -OCH3 is 1. The van der Waals surface area contributed by atoms with E-state index in [1.807, 2.05) is 6.92 Å². The number of benzene rings is 1. The molecule has 2 amide bonds. The highest BCUT2D eigenvalue weighted by Gasteiger charge is 2.17. The van der Waals surface area contributed by atoms with E-state index in [2.05, 4.69) is 20.6 Å². The molecule has 0 atom stereocenters. The summed E-state index contributed by atoms with van der Waals surface area (Å²) in [5.74, 6) is -0.523. The Labute approximate surface area is 149 Å². The minimum Gasteiger partial charge on any atom is -0.496 e. The second-order valence-corrected chi connectivity index (χ2v) is 5.35. The van der Waals surface area contributed by atoms with Gasteiger partial charge in [-0.25, -0.2) is 9.97 Å². The van der Waals surface area contributed by atoms with Gasteiger partial charge in [-0.2, -0.15) is 0 Å². The van der Waals surface area contributed by atoms with Gasteiger partial charge in [0.2, 0.25) is 0 Å². The average Bonchev–Trinajstić information content (AvgIpc) is 2.60. The van der Waals surface area contributed by atoms with Gasteiger partial charge < -0.3 is 21.1 Å². The summed E-state index contributed by atoms with van der Waals surface area (Å²) in [4.78, 5) is 31.8. The number of ether oxygens (including phenoxy) is 1. The molecule has 9 heteroatoms. The summed E-state index contributed by atoms with van der Waals surface area (Å²) < 4.78 is 5.23. The second kappa shape index (κ2) is 7.80. The Morgan fingerprint density at radius 1 is 1.32 bits per heavy atom. The smallest absolute Gasteiger partial charge is 0.271 e. The number of nitrogens with zero attached hydrogens (tertiary/aromatic N) is 2. The largest absolute Gasteiger partial charge is 0.496 e. The summed E-state index contributed by atoms with van der Waals surface area (Å²) in [6.45, 7) is 1.84. The fourth-order valence-electron chi connectivity index (χ4n) is 2.16. The molecule has 0 spiro atoms. The van der Waals surface area contributed by atoms with Crippen LogP contribution < -0.4 is 21.1 Å². The summed E-state index contributed by atoms with van der Waals surface area (Å²) in [6.07, 6.45) is 0.515. The number of nitrogens with two attached hydrogens (primary N) is 1. The molecule has 1 aromatic heterocycles. The van der Waals surface area contributed by atoms with E-state index in [1.165, 1.54) is 14.2 Å². The van der Waals surface area contributed by atoms with Crippen molar-refractivity contribution in [3.05, 3.63) is 40.3 Å². The minimum atomic E-state index is -0.727. The number of hydrogen-bond acceptors (Lipinski definition) is 6. The quantitative estimate of drug-likeness (QED) is 0.721. The highest BCUT2D eigenvalue weighted by Crippen LogP contribution is 2.27. The number of rotatable bonds is 6. The van der Waals surface area contributed by atoms with E-state index < -0.39 is 5.91 Å². The van der Waals surface area contributed by atoms with E-state index in [0.29, 0.717) is 29.1 Å². The fourth-order valence-corrected chi connectivity index (χ4v) is 2.42. The van der Waals surface area contributed by atoms with Crippen LogP contribution in [0.4, 0.5) is 11.5 Å². The van der Waals surface area contributed by atoms with Crippen LogP contribution in [0.1, 0.15) is 33.5 Å². The van der Waals surface area contributed by atoms with E-state index in [-0.39, 0.29) is 22.6 Å². The van der Waals surface area contributed by atoms with E-state index in [9.17, 15) is 9.59 Å². The van der Waals surface area contributed by atoms with Gasteiger partial charge in [0.15, 0.2) is 16.7 Å². The molecule has 1 heterocycles. The van der Waals surface area contributed by atoms with Crippen molar-refractivity contribution in [3.63, 3.8) is 0 Å². The van der Waals surface area contributed by atoms with Crippen LogP contribution in [-0.2, 0) is 6.42 Å². The molecule has 8 nitrogen and oxygen atoms in total. The number of aryl methyl sites for hydroxylation is 1. The molecule has 132 valence electrons. The van der Waals surface area contributed by atoms with Crippen LogP contribution in [0.2, 0.25) is 5.15 Å². The van der Waals surface area contributed by atoms with Crippen LogP contribution in [0.3, 0.4) is 0 Å². The molecule has 1 aromatic carbocycles. The van der Waals surface area contributed by atoms with Crippen LogP contribution in [-0.4, -0.2) is 35.9 Å². The fraction of sp³-hybridized carbons (Fsp3) is 0.250. The first-order chi connectivity index (χ1) is 11.9. The Bertz CT molecular complexity index is 826. The number of aromatic nitrogens is 2. The maximum atomic E-state index is 11.8. The van der Waals surface area contributed by atoms with Crippen molar-refractivity contribution in [3.8, 4) is 5.75 Å². The standard InChI is InChI=1S/C16H18ClN5O3/c1-4-10-13(17)22-15(12(21-10)14(18)23)20-8-5-6-9(16(24)19-2)11(7-8)25-3/h5-7H,4H2,1-3H3,(H2,18,23)(H,19,24)(H,20,22). The van der Waals surface area contributed by atoms with Gasteiger partial charge in [0.1, 0.15) is 5.75 Å². The second-order valence-electron chi connectivity index (χ2n) is 5.00. The number of carbonyl (C=O) groups is 2. The average molecular weight is 364 g/mol. The van der Waals surface area contributed by atoms with Crippen molar-refractivity contribution in [2.45, 2.75) is 13.3 Å². The number of hydrogen-bond donors (Lipinski definition) is 3. The maximum Gasteiger partial charge on any atom is 0.271 e. The molecular formula is C16H18ClN5O3. The highest BCUT2D eigenvalue weighted by molar-refractivity contribution is 6.30. The Kier molecular flexibility index (Phi) is 5.76. The third-order valence-corrected chi connectivity index (χ3v) is 3.73. The zero-order valence-corrected chi connectivity index (χ0v) is 14.8. The molecule has 2 rings (SSSR count). The molecule has 0 saturated heterocycles. The van der Waals surface area contributed by atoms with Crippen molar-refractivity contribution in [2.75, 3.05) is 19.5 Å². The lowest BCUT2D eigenvalue weighted by Crippen LogP contribution is -2.19. The van der Waals surface area contributed by atoms with Gasteiger partial charge in [0.25, 0.3) is 11.8 Å². The first-order valence-electron chi connectivity index (χ1n) is 7.44. The van der Waals surface area contributed by atoms with Crippen LogP contribution in [0.5, 0.6) is 5.75 Å². The predicted octanol–water partition coefficient (Wildman–Crippen LogP) is 1.90. The summed E-state index contributed by atoms with van der Waals surface area (Å²) in [7, 11) is 2.98. The summed E-state index contributed by atoms with van der Waals surface area (Å²) >= 11 is 6.07. The lowest BCUT2D eigenvalue weighted by Gasteiger charge is -2.13. The molecule has 0 saturated carbocycles. The van der Waals surface area contributed by atoms with Crippen LogP contribution in [0, 0.1) is 0 Å². The van der Waals surface area contributed by atoms with E-state index >= 15 is 0 Å². The van der Waals surface area contributed by atoms with Gasteiger partial charge in [-0.1, -0.05) is 18.5 Å². The number of halogens is 1. The van der Waals surface area contributed by atoms with Gasteiger partial charge in [-0.3, -0.25) is 9.59 Å². The Morgan fingerprint density at radius 3 is 2.60 bits per heavy atom. The molecule has 0 aliphatic rings. The van der Waals surface area contributed by atoms with Crippen molar-refractivity contribution < 1.29 is 14.3 Å². The molecule has 0 radical (unpaired) electrons. The van der Waals surface area contributed by atoms with Crippen molar-refractivity contribution in [1.82, 2.24) is 15.3 Å². The first kappa shape index (κ1) is 18.5. The van der Waals surface area contributed by atoms with Crippen LogP contribution in [0.25, 0.3) is 0 Å². The molecule has 0 bridgehead atoms.